The number of halogens is 1. The molecule has 2 aromatic rings. The third-order valence-corrected chi connectivity index (χ3v) is 4.66. The average molecular weight is 424 g/mol. The van der Waals surface area contributed by atoms with Crippen LogP contribution < -0.4 is 11.1 Å². The first-order valence-electron chi connectivity index (χ1n) is 8.74. The predicted molar refractivity (Wildman–Crippen MR) is 105 cm³/mol. The number of nitrogens with one attached hydrogen (secondary N) is 1. The molecule has 29 heavy (non-hydrogen) atoms. The smallest absolute Gasteiger partial charge is 0.306 e. The first-order chi connectivity index (χ1) is 13.7. The standard InChI is InChI=1S/C17H21FN6O4S/c1-10(2)8-23-15(6-5-14(19)25)21-22-17(23)29-9-16(26)20-11-3-4-12(18)13(7-11)24(27)28/h3-4,7,10H,5-6,8-9H2,1-2H3,(H2,19,25)(H,20,26). The van der Waals surface area contributed by atoms with Gasteiger partial charge in [0.15, 0.2) is 5.16 Å². The number of carbonyl (C=O) groups excluding carboxylic acids is 2. The number of benzene rings is 1. The third kappa shape index (κ3) is 6.52. The molecule has 1 heterocycles. The zero-order chi connectivity index (χ0) is 21.6. The van der Waals surface area contributed by atoms with Crippen molar-refractivity contribution < 1.29 is 18.9 Å². The highest BCUT2D eigenvalue weighted by Gasteiger charge is 2.18. The number of aromatic nitrogens is 3. The Kier molecular flexibility index (Phi) is 7.65. The number of carbonyl (C=O) groups is 2. The number of primary amides is 1. The molecule has 3 N–H and O–H groups in total. The summed E-state index contributed by atoms with van der Waals surface area (Å²) < 4.78 is 15.2. The Morgan fingerprint density at radius 1 is 1.38 bits per heavy atom. The summed E-state index contributed by atoms with van der Waals surface area (Å²) >= 11 is 1.14. The van der Waals surface area contributed by atoms with Crippen molar-refractivity contribution in [3.63, 3.8) is 0 Å². The van der Waals surface area contributed by atoms with E-state index in [4.69, 9.17) is 5.73 Å². The fraction of sp³-hybridized carbons (Fsp3) is 0.412. The summed E-state index contributed by atoms with van der Waals surface area (Å²) in [5.41, 5.74) is 4.59. The van der Waals surface area contributed by atoms with Crippen molar-refractivity contribution in [1.82, 2.24) is 14.8 Å². The van der Waals surface area contributed by atoms with Gasteiger partial charge < -0.3 is 15.6 Å². The van der Waals surface area contributed by atoms with E-state index in [1.807, 2.05) is 18.4 Å². The molecule has 1 aromatic heterocycles. The van der Waals surface area contributed by atoms with Gasteiger partial charge in [-0.05, 0) is 18.1 Å². The van der Waals surface area contributed by atoms with Crippen LogP contribution >= 0.6 is 11.8 Å². The van der Waals surface area contributed by atoms with Gasteiger partial charge in [0.1, 0.15) is 5.82 Å². The summed E-state index contributed by atoms with van der Waals surface area (Å²) in [5, 5.41) is 22.0. The van der Waals surface area contributed by atoms with Gasteiger partial charge in [0, 0.05) is 31.1 Å². The minimum Gasteiger partial charge on any atom is -0.370 e. The Labute approximate surface area is 170 Å². The van der Waals surface area contributed by atoms with Gasteiger partial charge in [-0.1, -0.05) is 25.6 Å². The van der Waals surface area contributed by atoms with Crippen LogP contribution in [0.15, 0.2) is 23.4 Å². The molecule has 0 aliphatic carbocycles. The maximum absolute atomic E-state index is 13.4. The Bertz CT molecular complexity index is 917. The SMILES string of the molecule is CC(C)Cn1c(CCC(N)=O)nnc1SCC(=O)Nc1ccc(F)c([N+](=O)[O-])c1. The number of nitro groups is 1. The van der Waals surface area contributed by atoms with Crippen molar-refractivity contribution in [3.05, 3.63) is 40.0 Å². The number of thioether (sulfide) groups is 1. The number of aryl methyl sites for hydroxylation is 1. The zero-order valence-corrected chi connectivity index (χ0v) is 16.7. The topological polar surface area (TPSA) is 146 Å². The molecule has 156 valence electrons. The summed E-state index contributed by atoms with van der Waals surface area (Å²) in [6.07, 6.45) is 0.492. The molecular weight excluding hydrogens is 403 g/mol. The van der Waals surface area contributed by atoms with Gasteiger partial charge in [-0.15, -0.1) is 10.2 Å². The second-order valence-corrected chi connectivity index (χ2v) is 7.57. The van der Waals surface area contributed by atoms with E-state index in [-0.39, 0.29) is 23.8 Å². The minimum atomic E-state index is -0.979. The molecule has 2 rings (SSSR count). The quantitative estimate of drug-likeness (QED) is 0.337. The minimum absolute atomic E-state index is 0.0305. The molecule has 0 unspecified atom stereocenters. The molecule has 0 atom stereocenters. The molecule has 0 saturated carbocycles. The first kappa shape index (κ1) is 22.3. The van der Waals surface area contributed by atoms with Crippen molar-refractivity contribution in [2.45, 2.75) is 38.4 Å². The van der Waals surface area contributed by atoms with Crippen molar-refractivity contribution in [2.75, 3.05) is 11.1 Å². The highest BCUT2D eigenvalue weighted by molar-refractivity contribution is 7.99. The van der Waals surface area contributed by atoms with Crippen LogP contribution in [0, 0.1) is 21.8 Å². The number of rotatable bonds is 10. The Balaban J connectivity index is 2.05. The highest BCUT2D eigenvalue weighted by Crippen LogP contribution is 2.23. The van der Waals surface area contributed by atoms with E-state index in [1.54, 1.807) is 0 Å². The Hall–Kier alpha value is -3.02. The molecule has 10 nitrogen and oxygen atoms in total. The Morgan fingerprint density at radius 3 is 2.72 bits per heavy atom. The zero-order valence-electron chi connectivity index (χ0n) is 15.9. The van der Waals surface area contributed by atoms with Gasteiger partial charge >= 0.3 is 5.69 Å². The number of hydrogen-bond donors (Lipinski definition) is 2. The second-order valence-electron chi connectivity index (χ2n) is 6.63. The molecular formula is C17H21FN6O4S. The fourth-order valence-electron chi connectivity index (χ4n) is 2.45. The summed E-state index contributed by atoms with van der Waals surface area (Å²) in [6.45, 7) is 4.64. The van der Waals surface area contributed by atoms with Crippen molar-refractivity contribution in [3.8, 4) is 0 Å². The van der Waals surface area contributed by atoms with Crippen LogP contribution in [0.1, 0.15) is 26.1 Å². The van der Waals surface area contributed by atoms with Gasteiger partial charge in [-0.2, -0.15) is 4.39 Å². The molecule has 0 aliphatic heterocycles. The van der Waals surface area contributed by atoms with Crippen LogP contribution in [-0.2, 0) is 22.6 Å². The number of nitrogens with two attached hydrogens (primary N) is 1. The maximum atomic E-state index is 13.4. The number of hydrogen-bond acceptors (Lipinski definition) is 7. The van der Waals surface area contributed by atoms with E-state index in [9.17, 15) is 24.1 Å². The molecule has 0 spiro atoms. The third-order valence-electron chi connectivity index (χ3n) is 3.70. The summed E-state index contributed by atoms with van der Waals surface area (Å²) in [5.74, 6) is -0.995. The largest absolute Gasteiger partial charge is 0.370 e. The van der Waals surface area contributed by atoms with Crippen molar-refractivity contribution in [1.29, 1.82) is 0 Å². The summed E-state index contributed by atoms with van der Waals surface area (Å²) in [7, 11) is 0. The van der Waals surface area contributed by atoms with Gasteiger partial charge in [-0.3, -0.25) is 19.7 Å². The van der Waals surface area contributed by atoms with E-state index in [0.717, 1.165) is 23.9 Å². The van der Waals surface area contributed by atoms with Crippen LogP contribution in [0.25, 0.3) is 0 Å². The predicted octanol–water partition coefficient (Wildman–Crippen LogP) is 2.13. The summed E-state index contributed by atoms with van der Waals surface area (Å²) in [4.78, 5) is 33.2. The molecule has 2 amide bonds. The molecule has 0 bridgehead atoms. The first-order valence-corrected chi connectivity index (χ1v) is 9.73. The van der Waals surface area contributed by atoms with Crippen LogP contribution in [0.5, 0.6) is 0 Å². The number of nitrogens with zero attached hydrogens (tertiary/aromatic N) is 4. The van der Waals surface area contributed by atoms with Gasteiger partial charge in [-0.25, -0.2) is 0 Å². The highest BCUT2D eigenvalue weighted by atomic mass is 32.2. The van der Waals surface area contributed by atoms with Crippen molar-refractivity contribution >= 4 is 35.0 Å². The number of nitro benzene ring substituents is 1. The van der Waals surface area contributed by atoms with E-state index in [1.165, 1.54) is 6.07 Å². The van der Waals surface area contributed by atoms with E-state index >= 15 is 0 Å². The van der Waals surface area contributed by atoms with E-state index < -0.39 is 28.2 Å². The fourth-order valence-corrected chi connectivity index (χ4v) is 3.22. The van der Waals surface area contributed by atoms with Gasteiger partial charge in [0.2, 0.25) is 17.6 Å². The number of anilines is 1. The lowest BCUT2D eigenvalue weighted by Gasteiger charge is -2.12. The molecule has 0 fully saturated rings. The second kappa shape index (κ2) is 9.96. The average Bonchev–Trinajstić information content (AvgIpc) is 3.00. The lowest BCUT2D eigenvalue weighted by Crippen LogP contribution is -2.17. The lowest BCUT2D eigenvalue weighted by atomic mass is 10.2. The van der Waals surface area contributed by atoms with Gasteiger partial charge in [0.05, 0.1) is 10.7 Å². The molecule has 0 radical (unpaired) electrons. The number of amides is 2. The molecule has 0 saturated heterocycles. The van der Waals surface area contributed by atoms with Gasteiger partial charge in [0.25, 0.3) is 0 Å². The van der Waals surface area contributed by atoms with Crippen LogP contribution in [0.3, 0.4) is 0 Å². The van der Waals surface area contributed by atoms with E-state index in [2.05, 4.69) is 15.5 Å². The maximum Gasteiger partial charge on any atom is 0.306 e. The molecule has 0 aliphatic rings. The monoisotopic (exact) mass is 424 g/mol. The van der Waals surface area contributed by atoms with Crippen LogP contribution in [0.2, 0.25) is 0 Å². The van der Waals surface area contributed by atoms with Crippen molar-refractivity contribution in [2.24, 2.45) is 11.7 Å². The van der Waals surface area contributed by atoms with E-state index in [0.29, 0.717) is 23.9 Å². The van der Waals surface area contributed by atoms with Crippen LogP contribution in [-0.4, -0.2) is 37.3 Å². The summed E-state index contributed by atoms with van der Waals surface area (Å²) in [6, 6.07) is 3.13. The normalized spacial score (nSPS) is 10.9. The molecule has 12 heteroatoms. The lowest BCUT2D eigenvalue weighted by molar-refractivity contribution is -0.387. The Morgan fingerprint density at radius 2 is 2.10 bits per heavy atom. The van der Waals surface area contributed by atoms with Crippen LogP contribution in [0.4, 0.5) is 15.8 Å². The molecule has 1 aromatic carbocycles.